The van der Waals surface area contributed by atoms with Gasteiger partial charge in [0.2, 0.25) is 0 Å². The minimum atomic E-state index is -0.817. The molecule has 39 heavy (non-hydrogen) atoms. The van der Waals surface area contributed by atoms with E-state index in [1.54, 1.807) is 31.3 Å². The highest BCUT2D eigenvalue weighted by atomic mass is 16.6. The van der Waals surface area contributed by atoms with Crippen LogP contribution in [0.5, 0.6) is 0 Å². The van der Waals surface area contributed by atoms with Crippen LogP contribution in [0.2, 0.25) is 0 Å². The van der Waals surface area contributed by atoms with Crippen LogP contribution in [0.3, 0.4) is 0 Å². The molecule has 0 aliphatic carbocycles. The predicted octanol–water partition coefficient (Wildman–Crippen LogP) is 3.52. The van der Waals surface area contributed by atoms with Gasteiger partial charge in [0.05, 0.1) is 23.5 Å². The number of ether oxygens (including phenoxy) is 1. The summed E-state index contributed by atoms with van der Waals surface area (Å²) in [5.41, 5.74) is 0.404. The van der Waals surface area contributed by atoms with E-state index in [4.69, 9.17) is 4.74 Å². The first-order valence-corrected chi connectivity index (χ1v) is 12.0. The number of carbonyl (C=O) groups is 2. The second-order valence-electron chi connectivity index (χ2n) is 8.48. The molecule has 0 unspecified atom stereocenters. The summed E-state index contributed by atoms with van der Waals surface area (Å²) in [6, 6.07) is 20.7. The first-order chi connectivity index (χ1) is 18.9. The van der Waals surface area contributed by atoms with Gasteiger partial charge in [-0.2, -0.15) is 4.99 Å². The summed E-state index contributed by atoms with van der Waals surface area (Å²) in [5.74, 6) is -1.60. The third kappa shape index (κ3) is 4.92. The van der Waals surface area contributed by atoms with Crippen molar-refractivity contribution in [1.29, 1.82) is 0 Å². The van der Waals surface area contributed by atoms with Gasteiger partial charge < -0.3 is 9.30 Å². The molecular formula is C28H21N5O6. The Morgan fingerprint density at radius 1 is 1.03 bits per heavy atom. The number of aromatic nitrogens is 3. The minimum absolute atomic E-state index is 0.0444. The lowest BCUT2D eigenvalue weighted by Gasteiger charge is -2.15. The molecule has 0 aliphatic rings. The zero-order chi connectivity index (χ0) is 27.5. The number of nitro groups is 1. The summed E-state index contributed by atoms with van der Waals surface area (Å²) in [6.07, 6.45) is 1.57. The second kappa shape index (κ2) is 10.5. The van der Waals surface area contributed by atoms with Gasteiger partial charge in [-0.15, -0.1) is 0 Å². The molecule has 194 valence electrons. The van der Waals surface area contributed by atoms with Gasteiger partial charge in [0.25, 0.3) is 17.2 Å². The first kappa shape index (κ1) is 25.2. The maximum absolute atomic E-state index is 13.5. The van der Waals surface area contributed by atoms with Crippen molar-refractivity contribution in [3.05, 3.63) is 128 Å². The molecule has 0 saturated heterocycles. The molecule has 0 bridgehead atoms. The van der Waals surface area contributed by atoms with Crippen molar-refractivity contribution in [3.63, 3.8) is 0 Å². The Morgan fingerprint density at radius 3 is 2.54 bits per heavy atom. The lowest BCUT2D eigenvalue weighted by Crippen LogP contribution is -2.33. The van der Waals surface area contributed by atoms with E-state index < -0.39 is 22.4 Å². The van der Waals surface area contributed by atoms with Crippen LogP contribution in [0.1, 0.15) is 33.2 Å². The molecule has 1 amide bonds. The average Bonchev–Trinajstić information content (AvgIpc) is 2.95. The number of hydrogen-bond donors (Lipinski definition) is 0. The lowest BCUT2D eigenvalue weighted by molar-refractivity contribution is -0.384. The summed E-state index contributed by atoms with van der Waals surface area (Å²) in [5, 5.41) is 11.4. The Labute approximate surface area is 220 Å². The highest BCUT2D eigenvalue weighted by molar-refractivity contribution is 5.97. The van der Waals surface area contributed by atoms with E-state index in [2.05, 4.69) is 9.98 Å². The number of amides is 1. The normalized spacial score (nSPS) is 11.6. The highest BCUT2D eigenvalue weighted by Gasteiger charge is 2.21. The summed E-state index contributed by atoms with van der Waals surface area (Å²) in [6.45, 7) is 1.79. The van der Waals surface area contributed by atoms with Crippen molar-refractivity contribution in [3.8, 4) is 0 Å². The van der Waals surface area contributed by atoms with Gasteiger partial charge in [-0.05, 0) is 36.8 Å². The van der Waals surface area contributed by atoms with Crippen LogP contribution in [0.4, 0.5) is 5.69 Å². The number of rotatable bonds is 6. The van der Waals surface area contributed by atoms with Crippen LogP contribution in [0, 0.1) is 10.1 Å². The Balaban J connectivity index is 1.88. The molecule has 0 atom stereocenters. The number of hydrogen-bond acceptors (Lipinski definition) is 7. The van der Waals surface area contributed by atoms with Crippen LogP contribution in [0.25, 0.3) is 16.7 Å². The van der Waals surface area contributed by atoms with Crippen LogP contribution in [-0.2, 0) is 11.3 Å². The van der Waals surface area contributed by atoms with Crippen molar-refractivity contribution in [2.75, 3.05) is 6.61 Å². The molecule has 5 rings (SSSR count). The molecule has 11 heteroatoms. The monoisotopic (exact) mass is 523 g/mol. The fraction of sp³-hybridized carbons (Fsp3) is 0.107. The van der Waals surface area contributed by atoms with Gasteiger partial charge in [0, 0.05) is 23.9 Å². The number of esters is 1. The Kier molecular flexibility index (Phi) is 6.79. The molecule has 0 spiro atoms. The third-order valence-electron chi connectivity index (χ3n) is 5.98. The quantitative estimate of drug-likeness (QED) is 0.144. The van der Waals surface area contributed by atoms with Crippen LogP contribution in [0.15, 0.2) is 94.8 Å². The largest absolute Gasteiger partial charge is 0.462 e. The van der Waals surface area contributed by atoms with E-state index in [1.807, 2.05) is 30.3 Å². The highest BCUT2D eigenvalue weighted by Crippen LogP contribution is 2.16. The van der Waals surface area contributed by atoms with Gasteiger partial charge in [0.1, 0.15) is 16.9 Å². The standard InChI is InChI=1S/C28H21N5O6/c1-2-39-28(36)22-16-21-24(29-23-13-6-7-14-31(23)27(21)35)32(17-18-9-4-3-5-10-18)25(22)30-26(34)19-11-8-12-20(15-19)33(37)38/h3-16H,2,17H2,1H3. The molecule has 0 N–H and O–H groups in total. The van der Waals surface area contributed by atoms with Gasteiger partial charge in [-0.1, -0.05) is 42.5 Å². The number of fused-ring (bicyclic) bond motifs is 2. The predicted molar refractivity (Wildman–Crippen MR) is 141 cm³/mol. The molecular weight excluding hydrogens is 502 g/mol. The lowest BCUT2D eigenvalue weighted by atomic mass is 10.1. The van der Waals surface area contributed by atoms with Crippen molar-refractivity contribution in [1.82, 2.24) is 14.0 Å². The van der Waals surface area contributed by atoms with Crippen molar-refractivity contribution >= 4 is 34.2 Å². The topological polar surface area (TPSA) is 138 Å². The second-order valence-corrected chi connectivity index (χ2v) is 8.48. The van der Waals surface area contributed by atoms with Crippen molar-refractivity contribution < 1.29 is 19.2 Å². The fourth-order valence-corrected chi connectivity index (χ4v) is 4.19. The van der Waals surface area contributed by atoms with E-state index in [-0.39, 0.29) is 46.5 Å². The van der Waals surface area contributed by atoms with E-state index in [1.165, 1.54) is 33.2 Å². The number of non-ortho nitro benzene ring substituents is 1. The summed E-state index contributed by atoms with van der Waals surface area (Å²) in [4.78, 5) is 59.5. The summed E-state index contributed by atoms with van der Waals surface area (Å²) < 4.78 is 8.12. The molecule has 3 heterocycles. The minimum Gasteiger partial charge on any atom is -0.462 e. The van der Waals surface area contributed by atoms with Crippen molar-refractivity contribution in [2.45, 2.75) is 13.5 Å². The van der Waals surface area contributed by atoms with E-state index >= 15 is 0 Å². The number of nitro benzene ring substituents is 1. The third-order valence-corrected chi connectivity index (χ3v) is 5.98. The smallest absolute Gasteiger partial charge is 0.341 e. The Bertz CT molecular complexity index is 1890. The van der Waals surface area contributed by atoms with Gasteiger partial charge >= 0.3 is 5.97 Å². The van der Waals surface area contributed by atoms with E-state index in [9.17, 15) is 24.5 Å². The Morgan fingerprint density at radius 2 is 1.79 bits per heavy atom. The van der Waals surface area contributed by atoms with Crippen LogP contribution < -0.4 is 11.0 Å². The Hall–Kier alpha value is -5.45. The summed E-state index contributed by atoms with van der Waals surface area (Å²) in [7, 11) is 0. The molecule has 5 aromatic rings. The van der Waals surface area contributed by atoms with E-state index in [0.29, 0.717) is 5.65 Å². The maximum Gasteiger partial charge on any atom is 0.341 e. The molecule has 2 aromatic carbocycles. The van der Waals surface area contributed by atoms with Crippen molar-refractivity contribution in [2.24, 2.45) is 4.99 Å². The fourth-order valence-electron chi connectivity index (χ4n) is 4.19. The van der Waals surface area contributed by atoms with E-state index in [0.717, 1.165) is 11.6 Å². The van der Waals surface area contributed by atoms with Crippen LogP contribution >= 0.6 is 0 Å². The van der Waals surface area contributed by atoms with Gasteiger partial charge in [-0.25, -0.2) is 9.78 Å². The van der Waals surface area contributed by atoms with Crippen LogP contribution in [-0.4, -0.2) is 37.4 Å². The number of carbonyl (C=O) groups excluding carboxylic acids is 2. The zero-order valence-corrected chi connectivity index (χ0v) is 20.7. The average molecular weight is 524 g/mol. The number of nitrogens with zero attached hydrogens (tertiary/aromatic N) is 5. The first-order valence-electron chi connectivity index (χ1n) is 12.0. The molecule has 11 nitrogen and oxygen atoms in total. The molecule has 3 aromatic heterocycles. The van der Waals surface area contributed by atoms with Gasteiger partial charge in [0.15, 0.2) is 5.49 Å². The molecule has 0 radical (unpaired) electrons. The number of pyridine rings is 2. The summed E-state index contributed by atoms with van der Waals surface area (Å²) >= 11 is 0. The molecule has 0 fully saturated rings. The maximum atomic E-state index is 13.5. The number of benzene rings is 2. The van der Waals surface area contributed by atoms with Gasteiger partial charge in [-0.3, -0.25) is 24.1 Å². The molecule has 0 saturated carbocycles. The molecule has 0 aliphatic heterocycles. The SMILES string of the molecule is CCOC(=O)c1cc2c(=O)n3ccccc3nc2n(Cc2ccccc2)c1=NC(=O)c1cccc([N+](=O)[O-])c1. The zero-order valence-electron chi connectivity index (χ0n) is 20.7.